The predicted octanol–water partition coefficient (Wildman–Crippen LogP) is 4.40. The molecule has 1 unspecified atom stereocenters. The first-order valence-corrected chi connectivity index (χ1v) is 9.21. The van der Waals surface area contributed by atoms with Gasteiger partial charge in [-0.2, -0.15) is 0 Å². The lowest BCUT2D eigenvalue weighted by Gasteiger charge is -2.19. The van der Waals surface area contributed by atoms with Crippen molar-refractivity contribution in [3.63, 3.8) is 0 Å². The van der Waals surface area contributed by atoms with E-state index in [9.17, 15) is 0 Å². The molecule has 24 heavy (non-hydrogen) atoms. The number of benzene rings is 2. The average molecular weight is 322 g/mol. The maximum Gasteiger partial charge on any atom is 0.127 e. The highest BCUT2D eigenvalue weighted by molar-refractivity contribution is 5.81. The topological polar surface area (TPSA) is 33.3 Å². The zero-order valence-electron chi connectivity index (χ0n) is 14.3. The molecule has 0 amide bonds. The Labute approximate surface area is 144 Å². The molecule has 2 aliphatic heterocycles. The minimum atomic E-state index is 0.555. The van der Waals surface area contributed by atoms with Gasteiger partial charge in [-0.3, -0.25) is 0 Å². The molecule has 0 radical (unpaired) electrons. The van der Waals surface area contributed by atoms with Gasteiger partial charge in [-0.1, -0.05) is 37.3 Å². The number of hydrogen-bond donors (Lipinski definition) is 2. The summed E-state index contributed by atoms with van der Waals surface area (Å²) in [6.07, 6.45) is 3.41. The summed E-state index contributed by atoms with van der Waals surface area (Å²) in [4.78, 5) is 0. The van der Waals surface area contributed by atoms with Crippen LogP contribution in [-0.2, 0) is 0 Å². The number of anilines is 1. The monoisotopic (exact) mass is 322 g/mol. The Balaban J connectivity index is 1.78. The molecule has 0 saturated carbocycles. The molecular formula is C21H26N2O. The molecule has 3 nitrogen and oxygen atoms in total. The van der Waals surface area contributed by atoms with Crippen molar-refractivity contribution in [3.05, 3.63) is 48.0 Å². The number of ether oxygens (including phenoxy) is 1. The molecule has 0 bridgehead atoms. The highest BCUT2D eigenvalue weighted by Gasteiger charge is 2.35. The summed E-state index contributed by atoms with van der Waals surface area (Å²) in [5.74, 6) is 1.59. The second-order valence-corrected chi connectivity index (χ2v) is 6.80. The second kappa shape index (κ2) is 6.86. The molecule has 0 spiro atoms. The van der Waals surface area contributed by atoms with E-state index in [1.165, 1.54) is 35.2 Å². The number of para-hydroxylation sites is 1. The summed E-state index contributed by atoms with van der Waals surface area (Å²) in [6.45, 7) is 5.12. The maximum absolute atomic E-state index is 6.03. The summed E-state index contributed by atoms with van der Waals surface area (Å²) in [7, 11) is 0. The van der Waals surface area contributed by atoms with Gasteiger partial charge in [0.2, 0.25) is 0 Å². The predicted molar refractivity (Wildman–Crippen MR) is 99.9 cm³/mol. The second-order valence-electron chi connectivity index (χ2n) is 6.80. The van der Waals surface area contributed by atoms with Gasteiger partial charge in [-0.05, 0) is 55.6 Å². The number of rotatable bonds is 4. The van der Waals surface area contributed by atoms with Crippen molar-refractivity contribution in [2.75, 3.05) is 25.0 Å². The molecule has 2 aromatic rings. The molecule has 2 N–H and O–H groups in total. The molecule has 126 valence electrons. The van der Waals surface area contributed by atoms with E-state index in [2.05, 4.69) is 60.0 Å². The molecule has 2 heterocycles. The summed E-state index contributed by atoms with van der Waals surface area (Å²) >= 11 is 0. The minimum absolute atomic E-state index is 0.555. The normalized spacial score (nSPS) is 22.2. The Kier molecular flexibility index (Phi) is 4.44. The molecule has 1 saturated heterocycles. The fraction of sp³-hybridized carbons (Fsp3) is 0.429. The van der Waals surface area contributed by atoms with E-state index in [1.54, 1.807) is 0 Å². The lowest BCUT2D eigenvalue weighted by atomic mass is 9.85. The molecular weight excluding hydrogens is 296 g/mol. The van der Waals surface area contributed by atoms with Crippen LogP contribution in [0.1, 0.15) is 37.7 Å². The van der Waals surface area contributed by atoms with Crippen LogP contribution in [0, 0.1) is 0 Å². The van der Waals surface area contributed by atoms with Gasteiger partial charge in [-0.15, -0.1) is 0 Å². The Morgan fingerprint density at radius 2 is 1.83 bits per heavy atom. The smallest absolute Gasteiger partial charge is 0.127 e. The van der Waals surface area contributed by atoms with E-state index in [4.69, 9.17) is 4.74 Å². The zero-order chi connectivity index (χ0) is 16.4. The van der Waals surface area contributed by atoms with Gasteiger partial charge >= 0.3 is 0 Å². The number of hydrogen-bond acceptors (Lipinski definition) is 3. The molecule has 0 aliphatic carbocycles. The van der Waals surface area contributed by atoms with E-state index in [-0.39, 0.29) is 0 Å². The van der Waals surface area contributed by atoms with Gasteiger partial charge in [0, 0.05) is 23.2 Å². The van der Waals surface area contributed by atoms with Crippen molar-refractivity contribution in [3.8, 4) is 16.9 Å². The third kappa shape index (κ3) is 2.78. The van der Waals surface area contributed by atoms with E-state index in [1.807, 2.05) is 0 Å². The van der Waals surface area contributed by atoms with Crippen molar-refractivity contribution >= 4 is 5.69 Å². The quantitative estimate of drug-likeness (QED) is 0.875. The first-order valence-electron chi connectivity index (χ1n) is 9.21. The van der Waals surface area contributed by atoms with Crippen LogP contribution in [0.2, 0.25) is 0 Å². The molecule has 3 heteroatoms. The van der Waals surface area contributed by atoms with Gasteiger partial charge in [0.15, 0.2) is 0 Å². The van der Waals surface area contributed by atoms with Gasteiger partial charge in [0.1, 0.15) is 5.75 Å². The Bertz CT molecular complexity index is 713. The van der Waals surface area contributed by atoms with Gasteiger partial charge < -0.3 is 15.4 Å². The molecule has 4 rings (SSSR count). The van der Waals surface area contributed by atoms with Gasteiger partial charge in [-0.25, -0.2) is 0 Å². The van der Waals surface area contributed by atoms with E-state index < -0.39 is 0 Å². The maximum atomic E-state index is 6.03. The molecule has 1 fully saturated rings. The van der Waals surface area contributed by atoms with E-state index in [0.29, 0.717) is 12.0 Å². The molecule has 2 aliphatic rings. The first-order chi connectivity index (χ1) is 11.9. The Morgan fingerprint density at radius 1 is 1.00 bits per heavy atom. The largest absolute Gasteiger partial charge is 0.493 e. The standard InChI is InChI=1S/C21H26N2O/c1-2-14-24-20-9-4-3-6-15(20)16-7-5-8-19-21(16)17-10-12-22-13-11-18(17)23-19/h3-9,17-18,22-23H,2,10-14H2,1H3/t17?,18-/m0/s1. The van der Waals surface area contributed by atoms with Gasteiger partial charge in [0.25, 0.3) is 0 Å². The van der Waals surface area contributed by atoms with Crippen molar-refractivity contribution in [1.29, 1.82) is 0 Å². The molecule has 2 aromatic carbocycles. The first kappa shape index (κ1) is 15.5. The van der Waals surface area contributed by atoms with Crippen LogP contribution in [0.3, 0.4) is 0 Å². The van der Waals surface area contributed by atoms with Crippen molar-refractivity contribution in [1.82, 2.24) is 5.32 Å². The highest BCUT2D eigenvalue weighted by atomic mass is 16.5. The number of fused-ring (bicyclic) bond motifs is 3. The molecule has 0 aromatic heterocycles. The van der Waals surface area contributed by atoms with Crippen LogP contribution < -0.4 is 15.4 Å². The third-order valence-corrected chi connectivity index (χ3v) is 5.21. The van der Waals surface area contributed by atoms with Gasteiger partial charge in [0.05, 0.1) is 6.61 Å². The minimum Gasteiger partial charge on any atom is -0.493 e. The van der Waals surface area contributed by atoms with Crippen molar-refractivity contribution < 1.29 is 4.74 Å². The summed E-state index contributed by atoms with van der Waals surface area (Å²) in [5.41, 5.74) is 5.36. The summed E-state index contributed by atoms with van der Waals surface area (Å²) < 4.78 is 6.03. The van der Waals surface area contributed by atoms with Crippen LogP contribution in [0.15, 0.2) is 42.5 Å². The Morgan fingerprint density at radius 3 is 2.75 bits per heavy atom. The van der Waals surface area contributed by atoms with Crippen molar-refractivity contribution in [2.24, 2.45) is 0 Å². The lowest BCUT2D eigenvalue weighted by Crippen LogP contribution is -2.21. The fourth-order valence-corrected chi connectivity index (χ4v) is 4.11. The number of nitrogens with one attached hydrogen (secondary N) is 2. The molecule has 2 atom stereocenters. The highest BCUT2D eigenvalue weighted by Crippen LogP contribution is 2.46. The fourth-order valence-electron chi connectivity index (χ4n) is 4.11. The average Bonchev–Trinajstić information content (AvgIpc) is 2.82. The van der Waals surface area contributed by atoms with E-state index >= 15 is 0 Å². The van der Waals surface area contributed by atoms with Crippen LogP contribution >= 0.6 is 0 Å². The SMILES string of the molecule is CCCOc1ccccc1-c1cccc2c1C1CCNCC[C@@H]1N2. The Hall–Kier alpha value is -2.00. The van der Waals surface area contributed by atoms with Crippen LogP contribution in [-0.4, -0.2) is 25.7 Å². The third-order valence-electron chi connectivity index (χ3n) is 5.21. The zero-order valence-corrected chi connectivity index (χ0v) is 14.3. The van der Waals surface area contributed by atoms with E-state index in [0.717, 1.165) is 31.9 Å². The van der Waals surface area contributed by atoms with Crippen LogP contribution in [0.25, 0.3) is 11.1 Å². The van der Waals surface area contributed by atoms with Crippen LogP contribution in [0.5, 0.6) is 5.75 Å². The summed E-state index contributed by atoms with van der Waals surface area (Å²) in [5, 5.41) is 7.31. The summed E-state index contributed by atoms with van der Waals surface area (Å²) in [6, 6.07) is 15.7. The van der Waals surface area contributed by atoms with Crippen molar-refractivity contribution in [2.45, 2.75) is 38.1 Å². The van der Waals surface area contributed by atoms with Crippen LogP contribution in [0.4, 0.5) is 5.69 Å². The lowest BCUT2D eigenvalue weighted by molar-refractivity contribution is 0.318.